The second-order valence-corrected chi connectivity index (χ2v) is 5.69. The summed E-state index contributed by atoms with van der Waals surface area (Å²) in [5.74, 6) is 0. The molecule has 0 aliphatic carbocycles. The van der Waals surface area contributed by atoms with Crippen molar-refractivity contribution in [2.24, 2.45) is 16.0 Å². The van der Waals surface area contributed by atoms with Gasteiger partial charge in [-0.3, -0.25) is 9.80 Å². The van der Waals surface area contributed by atoms with Crippen LogP contribution in [0.1, 0.15) is 13.8 Å². The third-order valence-electron chi connectivity index (χ3n) is 3.93. The molecule has 4 aliphatic rings. The maximum atomic E-state index is 9.18. The summed E-state index contributed by atoms with van der Waals surface area (Å²) in [5, 5.41) is 12.8. The second kappa shape index (κ2) is 2.31. The molecule has 14 heavy (non-hydrogen) atoms. The monoisotopic (exact) mass is 195 g/mol. The minimum absolute atomic E-state index is 0.0816. The summed E-state index contributed by atoms with van der Waals surface area (Å²) in [6.45, 7) is 9.76. The van der Waals surface area contributed by atoms with Crippen molar-refractivity contribution >= 4 is 5.71 Å². The molecule has 0 radical (unpaired) electrons. The van der Waals surface area contributed by atoms with Crippen molar-refractivity contribution in [1.82, 2.24) is 9.80 Å². The van der Waals surface area contributed by atoms with E-state index >= 15 is 0 Å². The van der Waals surface area contributed by atoms with E-state index < -0.39 is 0 Å². The first kappa shape index (κ1) is 8.68. The molecule has 0 aromatic carbocycles. The predicted molar refractivity (Wildman–Crippen MR) is 53.4 cm³/mol. The molecule has 0 spiro atoms. The van der Waals surface area contributed by atoms with Gasteiger partial charge in [-0.15, -0.1) is 0 Å². The van der Waals surface area contributed by atoms with E-state index in [1.807, 2.05) is 0 Å². The SMILES string of the molecule is CC12CN3CN(C1)CC(C)(C3)C2=NO. The molecule has 4 rings (SSSR count). The zero-order valence-corrected chi connectivity index (χ0v) is 8.82. The lowest BCUT2D eigenvalue weighted by molar-refractivity contribution is -0.0757. The number of nitrogens with zero attached hydrogens (tertiary/aromatic N) is 3. The molecule has 4 bridgehead atoms. The van der Waals surface area contributed by atoms with Crippen LogP contribution in [0.15, 0.2) is 5.16 Å². The van der Waals surface area contributed by atoms with Gasteiger partial charge in [0.2, 0.25) is 0 Å². The number of hydrogen-bond acceptors (Lipinski definition) is 4. The maximum absolute atomic E-state index is 9.18. The van der Waals surface area contributed by atoms with Crippen molar-refractivity contribution in [2.75, 3.05) is 32.8 Å². The van der Waals surface area contributed by atoms with Crippen molar-refractivity contribution in [3.63, 3.8) is 0 Å². The van der Waals surface area contributed by atoms with Gasteiger partial charge < -0.3 is 5.21 Å². The molecule has 0 saturated carbocycles. The predicted octanol–water partition coefficient (Wildman–Crippen LogP) is 0.432. The molecule has 1 N–H and O–H groups in total. The first-order valence-corrected chi connectivity index (χ1v) is 5.24. The molecular formula is C10H17N3O. The third-order valence-corrected chi connectivity index (χ3v) is 3.93. The third kappa shape index (κ3) is 0.880. The Morgan fingerprint density at radius 3 is 1.86 bits per heavy atom. The second-order valence-electron chi connectivity index (χ2n) is 5.69. The average Bonchev–Trinajstić information content (AvgIpc) is 1.97. The smallest absolute Gasteiger partial charge is 0.0739 e. The van der Waals surface area contributed by atoms with Gasteiger partial charge in [-0.05, 0) is 0 Å². The van der Waals surface area contributed by atoms with Crippen LogP contribution in [-0.2, 0) is 0 Å². The molecule has 4 heterocycles. The first-order valence-electron chi connectivity index (χ1n) is 5.24. The Morgan fingerprint density at radius 1 is 1.07 bits per heavy atom. The lowest BCUT2D eigenvalue weighted by atomic mass is 9.62. The van der Waals surface area contributed by atoms with E-state index in [1.54, 1.807) is 0 Å². The zero-order valence-electron chi connectivity index (χ0n) is 8.82. The fraction of sp³-hybridized carbons (Fsp3) is 0.900. The zero-order chi connectivity index (χ0) is 9.97. The Balaban J connectivity index is 2.10. The first-order chi connectivity index (χ1) is 6.56. The molecule has 0 amide bonds. The van der Waals surface area contributed by atoms with Crippen LogP contribution in [-0.4, -0.2) is 53.6 Å². The average molecular weight is 195 g/mol. The molecule has 0 aromatic heterocycles. The van der Waals surface area contributed by atoms with E-state index in [9.17, 15) is 5.21 Å². The van der Waals surface area contributed by atoms with Crippen LogP contribution in [0.25, 0.3) is 0 Å². The van der Waals surface area contributed by atoms with Crippen molar-refractivity contribution in [3.8, 4) is 0 Å². The Bertz CT molecular complexity index is 274. The van der Waals surface area contributed by atoms with Gasteiger partial charge in [-0.25, -0.2) is 0 Å². The Labute approximate surface area is 84.2 Å². The summed E-state index contributed by atoms with van der Waals surface area (Å²) in [6, 6.07) is 0. The number of oxime groups is 1. The highest BCUT2D eigenvalue weighted by atomic mass is 16.4. The minimum atomic E-state index is 0.0816. The van der Waals surface area contributed by atoms with Crippen molar-refractivity contribution < 1.29 is 5.21 Å². The van der Waals surface area contributed by atoms with Crippen LogP contribution in [0.3, 0.4) is 0 Å². The number of rotatable bonds is 0. The van der Waals surface area contributed by atoms with Gasteiger partial charge in [0.25, 0.3) is 0 Å². The molecular weight excluding hydrogens is 178 g/mol. The fourth-order valence-electron chi connectivity index (χ4n) is 3.94. The summed E-state index contributed by atoms with van der Waals surface area (Å²) in [5.41, 5.74) is 1.19. The molecule has 0 atom stereocenters. The Hall–Kier alpha value is -0.610. The van der Waals surface area contributed by atoms with Gasteiger partial charge in [-0.1, -0.05) is 19.0 Å². The summed E-state index contributed by atoms with van der Waals surface area (Å²) < 4.78 is 0. The van der Waals surface area contributed by atoms with Crippen LogP contribution in [0.5, 0.6) is 0 Å². The van der Waals surface area contributed by atoms with Gasteiger partial charge in [0, 0.05) is 37.0 Å². The Morgan fingerprint density at radius 2 is 1.50 bits per heavy atom. The lowest BCUT2D eigenvalue weighted by Gasteiger charge is -2.62. The van der Waals surface area contributed by atoms with E-state index in [1.165, 1.54) is 0 Å². The standard InChI is InChI=1S/C10H17N3O/c1-9-3-12-5-10(2,8(9)11-14)6-13(4-9)7-12/h14H,3-7H2,1-2H3. The highest BCUT2D eigenvalue weighted by Crippen LogP contribution is 2.46. The van der Waals surface area contributed by atoms with Gasteiger partial charge in [-0.2, -0.15) is 0 Å². The number of hydrogen-bond donors (Lipinski definition) is 1. The van der Waals surface area contributed by atoms with Crippen LogP contribution >= 0.6 is 0 Å². The minimum Gasteiger partial charge on any atom is -0.411 e. The van der Waals surface area contributed by atoms with E-state index in [4.69, 9.17) is 0 Å². The van der Waals surface area contributed by atoms with E-state index in [-0.39, 0.29) is 10.8 Å². The van der Waals surface area contributed by atoms with Crippen molar-refractivity contribution in [2.45, 2.75) is 13.8 Å². The van der Waals surface area contributed by atoms with E-state index in [2.05, 4.69) is 28.8 Å². The molecule has 4 aliphatic heterocycles. The Kier molecular flexibility index (Phi) is 1.43. The van der Waals surface area contributed by atoms with E-state index in [0.29, 0.717) is 0 Å². The van der Waals surface area contributed by atoms with Crippen molar-refractivity contribution in [3.05, 3.63) is 0 Å². The van der Waals surface area contributed by atoms with Gasteiger partial charge in [0.15, 0.2) is 0 Å². The van der Waals surface area contributed by atoms with Crippen LogP contribution in [0, 0.1) is 10.8 Å². The van der Waals surface area contributed by atoms with Crippen LogP contribution in [0.2, 0.25) is 0 Å². The topological polar surface area (TPSA) is 39.1 Å². The van der Waals surface area contributed by atoms with Gasteiger partial charge in [0.05, 0.1) is 12.4 Å². The van der Waals surface area contributed by atoms with Crippen LogP contribution in [0.4, 0.5) is 0 Å². The summed E-state index contributed by atoms with van der Waals surface area (Å²) in [6.07, 6.45) is 0. The fourth-order valence-corrected chi connectivity index (χ4v) is 3.94. The summed E-state index contributed by atoms with van der Waals surface area (Å²) in [7, 11) is 0. The lowest BCUT2D eigenvalue weighted by Crippen LogP contribution is -2.74. The molecule has 0 unspecified atom stereocenters. The van der Waals surface area contributed by atoms with Crippen LogP contribution < -0.4 is 0 Å². The molecule has 0 aromatic rings. The summed E-state index contributed by atoms with van der Waals surface area (Å²) in [4.78, 5) is 4.95. The molecule has 78 valence electrons. The van der Waals surface area contributed by atoms with Crippen molar-refractivity contribution in [1.29, 1.82) is 0 Å². The molecule has 4 saturated heterocycles. The largest absolute Gasteiger partial charge is 0.411 e. The van der Waals surface area contributed by atoms with Gasteiger partial charge >= 0.3 is 0 Å². The van der Waals surface area contributed by atoms with Gasteiger partial charge in [0.1, 0.15) is 0 Å². The normalized spacial score (nSPS) is 55.1. The van der Waals surface area contributed by atoms with E-state index in [0.717, 1.165) is 38.6 Å². The quantitative estimate of drug-likeness (QED) is 0.450. The summed E-state index contributed by atoms with van der Waals surface area (Å²) >= 11 is 0. The maximum Gasteiger partial charge on any atom is 0.0739 e. The molecule has 4 fully saturated rings. The highest BCUT2D eigenvalue weighted by Gasteiger charge is 2.57. The molecule has 4 nitrogen and oxygen atoms in total. The molecule has 4 heteroatoms. The number of piperidine rings is 2. The highest BCUT2D eigenvalue weighted by molar-refractivity contribution is 5.97.